The summed E-state index contributed by atoms with van der Waals surface area (Å²) in [4.78, 5) is 21.9. The number of imidazole rings is 1. The van der Waals surface area contributed by atoms with Crippen molar-refractivity contribution in [3.05, 3.63) is 30.1 Å². The summed E-state index contributed by atoms with van der Waals surface area (Å²) in [5.41, 5.74) is 2.06. The number of benzene rings is 1. The van der Waals surface area contributed by atoms with Gasteiger partial charge in [-0.25, -0.2) is 4.98 Å². The lowest BCUT2D eigenvalue weighted by atomic mass is 9.81. The SMILES string of the molecule is O=C(O)C[C@@H]1CCN(CC2CC2)C[C@@H]1Cc1nc2ccccc2[nH]1. The van der Waals surface area contributed by atoms with Crippen molar-refractivity contribution in [3.8, 4) is 0 Å². The predicted molar refractivity (Wildman–Crippen MR) is 92.8 cm³/mol. The molecule has 0 amide bonds. The zero-order valence-electron chi connectivity index (χ0n) is 13.9. The van der Waals surface area contributed by atoms with Crippen LogP contribution in [0, 0.1) is 17.8 Å². The molecule has 1 aromatic heterocycles. The number of carbonyl (C=O) groups is 1. The Morgan fingerprint density at radius 2 is 2.08 bits per heavy atom. The number of likely N-dealkylation sites (tertiary alicyclic amines) is 1. The fourth-order valence-corrected chi connectivity index (χ4v) is 4.06. The highest BCUT2D eigenvalue weighted by Crippen LogP contribution is 2.34. The number of nitrogens with one attached hydrogen (secondary N) is 1. The van der Waals surface area contributed by atoms with Crippen LogP contribution in [0.1, 0.15) is 31.5 Å². The van der Waals surface area contributed by atoms with Gasteiger partial charge in [0.25, 0.3) is 0 Å². The standard InChI is InChI=1S/C19H25N3O2/c23-19(24)10-14-7-8-22(11-13-5-6-13)12-15(14)9-18-20-16-3-1-2-4-17(16)21-18/h1-4,13-15H,5-12H2,(H,20,21)(H,23,24)/t14-,15-/m0/s1. The fourth-order valence-electron chi connectivity index (χ4n) is 4.06. The molecular weight excluding hydrogens is 302 g/mol. The van der Waals surface area contributed by atoms with Gasteiger partial charge in [-0.1, -0.05) is 12.1 Å². The summed E-state index contributed by atoms with van der Waals surface area (Å²) >= 11 is 0. The average molecular weight is 327 g/mol. The molecule has 5 heteroatoms. The number of aromatic amines is 1. The first-order valence-electron chi connectivity index (χ1n) is 9.05. The first-order valence-corrected chi connectivity index (χ1v) is 9.05. The molecule has 1 saturated heterocycles. The van der Waals surface area contributed by atoms with Gasteiger partial charge in [0, 0.05) is 25.9 Å². The summed E-state index contributed by atoms with van der Waals surface area (Å²) in [6, 6.07) is 8.07. The molecule has 0 bridgehead atoms. The molecule has 1 saturated carbocycles. The van der Waals surface area contributed by atoms with Crippen molar-refractivity contribution >= 4 is 17.0 Å². The molecule has 2 N–H and O–H groups in total. The van der Waals surface area contributed by atoms with Gasteiger partial charge in [-0.3, -0.25) is 4.79 Å². The van der Waals surface area contributed by atoms with Crippen molar-refractivity contribution in [2.24, 2.45) is 17.8 Å². The van der Waals surface area contributed by atoms with Crippen molar-refractivity contribution < 1.29 is 9.90 Å². The van der Waals surface area contributed by atoms with E-state index in [0.717, 1.165) is 48.7 Å². The summed E-state index contributed by atoms with van der Waals surface area (Å²) in [6.45, 7) is 3.24. The van der Waals surface area contributed by atoms with Gasteiger partial charge in [0.1, 0.15) is 5.82 Å². The van der Waals surface area contributed by atoms with Gasteiger partial charge in [0.15, 0.2) is 0 Å². The molecule has 5 nitrogen and oxygen atoms in total. The normalized spacial score (nSPS) is 25.2. The Labute approximate surface area is 142 Å². The molecule has 2 fully saturated rings. The van der Waals surface area contributed by atoms with E-state index in [2.05, 4.69) is 9.88 Å². The number of aliphatic carboxylic acids is 1. The zero-order valence-corrected chi connectivity index (χ0v) is 13.9. The highest BCUT2D eigenvalue weighted by molar-refractivity contribution is 5.74. The molecule has 2 aliphatic rings. The third-order valence-corrected chi connectivity index (χ3v) is 5.52. The predicted octanol–water partition coefficient (Wildman–Crippen LogP) is 2.93. The Kier molecular flexibility index (Phi) is 4.27. The van der Waals surface area contributed by atoms with E-state index in [4.69, 9.17) is 4.98 Å². The van der Waals surface area contributed by atoms with E-state index in [9.17, 15) is 9.90 Å². The van der Waals surface area contributed by atoms with Crippen molar-refractivity contribution in [3.63, 3.8) is 0 Å². The van der Waals surface area contributed by atoms with Gasteiger partial charge >= 0.3 is 5.97 Å². The molecule has 0 radical (unpaired) electrons. The highest BCUT2D eigenvalue weighted by atomic mass is 16.4. The van der Waals surface area contributed by atoms with Crippen LogP contribution in [-0.2, 0) is 11.2 Å². The minimum absolute atomic E-state index is 0.256. The van der Waals surface area contributed by atoms with E-state index >= 15 is 0 Å². The molecule has 128 valence electrons. The Balaban J connectivity index is 1.49. The number of fused-ring (bicyclic) bond motifs is 1. The average Bonchev–Trinajstić information content (AvgIpc) is 3.26. The van der Waals surface area contributed by atoms with Crippen LogP contribution in [0.3, 0.4) is 0 Å². The zero-order chi connectivity index (χ0) is 16.5. The van der Waals surface area contributed by atoms with E-state index in [1.807, 2.05) is 24.3 Å². The summed E-state index contributed by atoms with van der Waals surface area (Å²) < 4.78 is 0. The van der Waals surface area contributed by atoms with Crippen LogP contribution in [-0.4, -0.2) is 45.6 Å². The van der Waals surface area contributed by atoms with E-state index in [1.54, 1.807) is 0 Å². The molecule has 2 heterocycles. The molecule has 2 aromatic rings. The van der Waals surface area contributed by atoms with E-state index in [1.165, 1.54) is 19.4 Å². The number of carboxylic acids is 1. The van der Waals surface area contributed by atoms with Crippen LogP contribution in [0.25, 0.3) is 11.0 Å². The summed E-state index contributed by atoms with van der Waals surface area (Å²) in [5, 5.41) is 9.25. The first-order chi connectivity index (χ1) is 11.7. The maximum atomic E-state index is 11.2. The number of hydrogen-bond acceptors (Lipinski definition) is 3. The second-order valence-electron chi connectivity index (χ2n) is 7.51. The lowest BCUT2D eigenvalue weighted by molar-refractivity contribution is -0.139. The lowest BCUT2D eigenvalue weighted by Gasteiger charge is -2.38. The molecule has 1 aliphatic carbocycles. The fraction of sp³-hybridized carbons (Fsp3) is 0.579. The molecule has 24 heavy (non-hydrogen) atoms. The Hall–Kier alpha value is -1.88. The van der Waals surface area contributed by atoms with Gasteiger partial charge in [-0.05, 0) is 55.7 Å². The van der Waals surface area contributed by atoms with Crippen molar-refractivity contribution in [1.29, 1.82) is 0 Å². The van der Waals surface area contributed by atoms with Crippen LogP contribution in [0.2, 0.25) is 0 Å². The topological polar surface area (TPSA) is 69.2 Å². The maximum Gasteiger partial charge on any atom is 0.303 e. The first kappa shape index (κ1) is 15.6. The van der Waals surface area contributed by atoms with Gasteiger partial charge in [-0.15, -0.1) is 0 Å². The van der Waals surface area contributed by atoms with Crippen LogP contribution in [0.15, 0.2) is 24.3 Å². The highest BCUT2D eigenvalue weighted by Gasteiger charge is 2.34. The van der Waals surface area contributed by atoms with Crippen LogP contribution < -0.4 is 0 Å². The molecule has 1 aromatic carbocycles. The third-order valence-electron chi connectivity index (χ3n) is 5.52. The Bertz CT molecular complexity index is 689. The van der Waals surface area contributed by atoms with Gasteiger partial charge in [0.05, 0.1) is 11.0 Å². The van der Waals surface area contributed by atoms with Crippen molar-refractivity contribution in [2.75, 3.05) is 19.6 Å². The third kappa shape index (κ3) is 3.61. The van der Waals surface area contributed by atoms with Crippen LogP contribution in [0.5, 0.6) is 0 Å². The smallest absolute Gasteiger partial charge is 0.303 e. The quantitative estimate of drug-likeness (QED) is 0.856. The van der Waals surface area contributed by atoms with Gasteiger partial charge in [-0.2, -0.15) is 0 Å². The number of hydrogen-bond donors (Lipinski definition) is 2. The van der Waals surface area contributed by atoms with Gasteiger partial charge < -0.3 is 15.0 Å². The minimum atomic E-state index is -0.676. The second kappa shape index (κ2) is 6.55. The monoisotopic (exact) mass is 327 g/mol. The maximum absolute atomic E-state index is 11.2. The summed E-state index contributed by atoms with van der Waals surface area (Å²) in [6.07, 6.45) is 4.84. The van der Waals surface area contributed by atoms with E-state index in [-0.39, 0.29) is 12.3 Å². The Morgan fingerprint density at radius 3 is 2.83 bits per heavy atom. The minimum Gasteiger partial charge on any atom is -0.481 e. The molecule has 0 unspecified atom stereocenters. The number of para-hydroxylation sites is 2. The lowest BCUT2D eigenvalue weighted by Crippen LogP contribution is -2.43. The van der Waals surface area contributed by atoms with Gasteiger partial charge in [0.2, 0.25) is 0 Å². The van der Waals surface area contributed by atoms with E-state index < -0.39 is 5.97 Å². The Morgan fingerprint density at radius 1 is 1.25 bits per heavy atom. The number of nitrogens with zero attached hydrogens (tertiary/aromatic N) is 2. The van der Waals surface area contributed by atoms with E-state index in [0.29, 0.717) is 5.92 Å². The molecule has 4 rings (SSSR count). The number of aromatic nitrogens is 2. The summed E-state index contributed by atoms with van der Waals surface area (Å²) in [7, 11) is 0. The largest absolute Gasteiger partial charge is 0.481 e. The van der Waals surface area contributed by atoms with Crippen LogP contribution >= 0.6 is 0 Å². The number of carboxylic acid groups (broad SMARTS) is 1. The molecule has 2 atom stereocenters. The summed E-state index contributed by atoms with van der Waals surface area (Å²) in [5.74, 6) is 1.82. The van der Waals surface area contributed by atoms with Crippen LogP contribution in [0.4, 0.5) is 0 Å². The van der Waals surface area contributed by atoms with Crippen molar-refractivity contribution in [1.82, 2.24) is 14.9 Å². The molecule has 0 spiro atoms. The molecule has 1 aliphatic heterocycles. The number of rotatable bonds is 6. The number of H-pyrrole nitrogens is 1. The second-order valence-corrected chi connectivity index (χ2v) is 7.51. The van der Waals surface area contributed by atoms with Crippen molar-refractivity contribution in [2.45, 2.75) is 32.1 Å². The number of piperidine rings is 1. The molecular formula is C19H25N3O2.